The number of rotatable bonds is 2. The summed E-state index contributed by atoms with van der Waals surface area (Å²) in [5, 5.41) is 3.56. The first-order chi connectivity index (χ1) is 12.4. The number of ether oxygens (including phenoxy) is 1. The summed E-state index contributed by atoms with van der Waals surface area (Å²) in [5.41, 5.74) is 2.18. The van der Waals surface area contributed by atoms with Crippen LogP contribution in [0, 0.1) is 0 Å². The summed E-state index contributed by atoms with van der Waals surface area (Å²) in [6.07, 6.45) is 10.3. The van der Waals surface area contributed by atoms with E-state index in [4.69, 9.17) is 4.74 Å². The molecule has 2 fully saturated rings. The van der Waals surface area contributed by atoms with E-state index in [1.165, 1.54) is 29.3 Å². The molecule has 2 saturated heterocycles. The zero-order valence-electron chi connectivity index (χ0n) is 14.3. The SMILES string of the molecule is c1cc2c(ncc3cncc(N4CCCC(N5CCOCC5)C4)c32)[nH]1. The second kappa shape index (κ2) is 6.28. The lowest BCUT2D eigenvalue weighted by molar-refractivity contribution is 0.0137. The van der Waals surface area contributed by atoms with Crippen LogP contribution >= 0.6 is 0 Å². The van der Waals surface area contributed by atoms with Gasteiger partial charge in [-0.05, 0) is 18.9 Å². The molecule has 3 aromatic heterocycles. The van der Waals surface area contributed by atoms with E-state index >= 15 is 0 Å². The normalized spacial score (nSPS) is 22.7. The molecule has 0 aromatic carbocycles. The number of hydrogen-bond acceptors (Lipinski definition) is 5. The summed E-state index contributed by atoms with van der Waals surface area (Å²) in [7, 11) is 0. The summed E-state index contributed by atoms with van der Waals surface area (Å²) < 4.78 is 5.52. The number of H-pyrrole nitrogens is 1. The Labute approximate surface area is 146 Å². The first kappa shape index (κ1) is 15.1. The van der Waals surface area contributed by atoms with Crippen LogP contribution in [0.1, 0.15) is 12.8 Å². The minimum atomic E-state index is 0.608. The van der Waals surface area contributed by atoms with E-state index in [0.717, 1.165) is 50.4 Å². The van der Waals surface area contributed by atoms with Gasteiger partial charge in [0.05, 0.1) is 25.1 Å². The number of aromatic nitrogens is 3. The monoisotopic (exact) mass is 337 g/mol. The lowest BCUT2D eigenvalue weighted by atomic mass is 10.0. The number of hydrogen-bond donors (Lipinski definition) is 1. The van der Waals surface area contributed by atoms with Crippen LogP contribution in [0.5, 0.6) is 0 Å². The van der Waals surface area contributed by atoms with Gasteiger partial charge in [0.2, 0.25) is 0 Å². The Balaban J connectivity index is 1.52. The van der Waals surface area contributed by atoms with Crippen LogP contribution in [0.25, 0.3) is 21.8 Å². The Morgan fingerprint density at radius 3 is 2.96 bits per heavy atom. The molecular formula is C19H23N5O. The van der Waals surface area contributed by atoms with Gasteiger partial charge in [0.1, 0.15) is 5.65 Å². The van der Waals surface area contributed by atoms with Crippen LogP contribution in [-0.4, -0.2) is 65.3 Å². The fourth-order valence-corrected chi connectivity index (χ4v) is 4.31. The average Bonchev–Trinajstić information content (AvgIpc) is 3.17. The minimum Gasteiger partial charge on any atom is -0.379 e. The van der Waals surface area contributed by atoms with Crippen molar-refractivity contribution in [1.82, 2.24) is 19.9 Å². The van der Waals surface area contributed by atoms with E-state index < -0.39 is 0 Å². The summed E-state index contributed by atoms with van der Waals surface area (Å²) in [6, 6.07) is 2.73. The van der Waals surface area contributed by atoms with Crippen LogP contribution in [-0.2, 0) is 4.74 Å². The maximum atomic E-state index is 5.52. The van der Waals surface area contributed by atoms with Gasteiger partial charge in [-0.25, -0.2) is 4.98 Å². The molecule has 0 saturated carbocycles. The number of anilines is 1. The molecule has 0 radical (unpaired) electrons. The molecule has 1 atom stereocenters. The largest absolute Gasteiger partial charge is 0.379 e. The second-order valence-electron chi connectivity index (χ2n) is 7.01. The van der Waals surface area contributed by atoms with Crippen molar-refractivity contribution in [2.45, 2.75) is 18.9 Å². The Morgan fingerprint density at radius 1 is 1.12 bits per heavy atom. The van der Waals surface area contributed by atoms with Crippen molar-refractivity contribution in [3.05, 3.63) is 30.9 Å². The molecule has 5 rings (SSSR count). The molecule has 0 bridgehead atoms. The molecule has 1 N–H and O–H groups in total. The van der Waals surface area contributed by atoms with Crippen molar-refractivity contribution in [2.24, 2.45) is 0 Å². The Hall–Kier alpha value is -2.18. The van der Waals surface area contributed by atoms with Gasteiger partial charge in [0.15, 0.2) is 0 Å². The molecule has 1 unspecified atom stereocenters. The standard InChI is InChI=1S/C19H23N5O/c1-2-15(23-6-8-25-9-7-23)13-24(5-1)17-12-20-10-14-11-22-19-16(18(14)17)3-4-21-19/h3-4,10-12,15H,1-2,5-9,13H2,(H,21,22). The van der Waals surface area contributed by atoms with Gasteiger partial charge in [-0.1, -0.05) is 0 Å². The van der Waals surface area contributed by atoms with Crippen LogP contribution < -0.4 is 4.90 Å². The van der Waals surface area contributed by atoms with Crippen molar-refractivity contribution in [3.63, 3.8) is 0 Å². The Bertz CT molecular complexity index is 886. The van der Waals surface area contributed by atoms with Crippen molar-refractivity contribution in [1.29, 1.82) is 0 Å². The smallest absolute Gasteiger partial charge is 0.137 e. The first-order valence-electron chi connectivity index (χ1n) is 9.17. The number of aromatic amines is 1. The predicted molar refractivity (Wildman–Crippen MR) is 99.0 cm³/mol. The number of nitrogens with one attached hydrogen (secondary N) is 1. The molecule has 130 valence electrons. The zero-order chi connectivity index (χ0) is 16.6. The van der Waals surface area contributed by atoms with Crippen LogP contribution in [0.3, 0.4) is 0 Å². The molecule has 2 aliphatic heterocycles. The highest BCUT2D eigenvalue weighted by molar-refractivity contribution is 6.10. The molecule has 0 spiro atoms. The molecule has 5 heterocycles. The molecule has 2 aliphatic rings. The van der Waals surface area contributed by atoms with Gasteiger partial charge in [-0.2, -0.15) is 0 Å². The van der Waals surface area contributed by atoms with Crippen LogP contribution in [0.15, 0.2) is 30.9 Å². The lowest BCUT2D eigenvalue weighted by Crippen LogP contribution is -2.51. The number of morpholine rings is 1. The summed E-state index contributed by atoms with van der Waals surface area (Å²) in [4.78, 5) is 17.3. The number of fused-ring (bicyclic) bond motifs is 3. The fraction of sp³-hybridized carbons (Fsp3) is 0.474. The maximum Gasteiger partial charge on any atom is 0.137 e. The van der Waals surface area contributed by atoms with E-state index in [9.17, 15) is 0 Å². The number of piperidine rings is 1. The van der Waals surface area contributed by atoms with Crippen molar-refractivity contribution in [2.75, 3.05) is 44.3 Å². The third kappa shape index (κ3) is 2.65. The van der Waals surface area contributed by atoms with E-state index in [0.29, 0.717) is 6.04 Å². The summed E-state index contributed by atoms with van der Waals surface area (Å²) in [5.74, 6) is 0. The van der Waals surface area contributed by atoms with Gasteiger partial charge < -0.3 is 14.6 Å². The summed E-state index contributed by atoms with van der Waals surface area (Å²) >= 11 is 0. The molecular weight excluding hydrogens is 314 g/mol. The van der Waals surface area contributed by atoms with Gasteiger partial charge in [0, 0.05) is 67.0 Å². The van der Waals surface area contributed by atoms with Crippen molar-refractivity contribution in [3.8, 4) is 0 Å². The van der Waals surface area contributed by atoms with E-state index in [-0.39, 0.29) is 0 Å². The predicted octanol–water partition coefficient (Wildman–Crippen LogP) is 2.41. The van der Waals surface area contributed by atoms with Crippen LogP contribution in [0.2, 0.25) is 0 Å². The van der Waals surface area contributed by atoms with Gasteiger partial charge in [-0.15, -0.1) is 0 Å². The molecule has 25 heavy (non-hydrogen) atoms. The highest BCUT2D eigenvalue weighted by Crippen LogP contribution is 2.33. The van der Waals surface area contributed by atoms with Crippen LogP contribution in [0.4, 0.5) is 5.69 Å². The number of pyridine rings is 2. The Kier molecular flexibility index (Phi) is 3.79. The third-order valence-corrected chi connectivity index (χ3v) is 5.58. The fourth-order valence-electron chi connectivity index (χ4n) is 4.31. The maximum absolute atomic E-state index is 5.52. The lowest BCUT2D eigenvalue weighted by Gasteiger charge is -2.41. The number of nitrogens with zero attached hydrogens (tertiary/aromatic N) is 4. The van der Waals surface area contributed by atoms with Crippen molar-refractivity contribution < 1.29 is 4.74 Å². The quantitative estimate of drug-likeness (QED) is 0.778. The Morgan fingerprint density at radius 2 is 2.04 bits per heavy atom. The van der Waals surface area contributed by atoms with Gasteiger partial charge >= 0.3 is 0 Å². The van der Waals surface area contributed by atoms with Gasteiger partial charge in [-0.3, -0.25) is 9.88 Å². The topological polar surface area (TPSA) is 57.3 Å². The third-order valence-electron chi connectivity index (χ3n) is 5.58. The summed E-state index contributed by atoms with van der Waals surface area (Å²) in [6.45, 7) is 5.99. The van der Waals surface area contributed by atoms with E-state index in [1.807, 2.05) is 24.8 Å². The molecule has 0 aliphatic carbocycles. The second-order valence-corrected chi connectivity index (χ2v) is 7.01. The molecule has 0 amide bonds. The van der Waals surface area contributed by atoms with E-state index in [2.05, 4.69) is 30.8 Å². The zero-order valence-corrected chi connectivity index (χ0v) is 14.3. The van der Waals surface area contributed by atoms with E-state index in [1.54, 1.807) is 0 Å². The highest BCUT2D eigenvalue weighted by atomic mass is 16.5. The molecule has 6 nitrogen and oxygen atoms in total. The first-order valence-corrected chi connectivity index (χ1v) is 9.17. The average molecular weight is 337 g/mol. The van der Waals surface area contributed by atoms with Gasteiger partial charge in [0.25, 0.3) is 0 Å². The molecule has 3 aromatic rings. The minimum absolute atomic E-state index is 0.608. The highest BCUT2D eigenvalue weighted by Gasteiger charge is 2.27. The van der Waals surface area contributed by atoms with Crippen molar-refractivity contribution >= 4 is 27.5 Å². The molecule has 6 heteroatoms.